The van der Waals surface area contributed by atoms with E-state index in [-0.39, 0.29) is 6.03 Å². The molecule has 1 aromatic rings. The average Bonchev–Trinajstić information content (AvgIpc) is 3.03. The van der Waals surface area contributed by atoms with E-state index in [1.165, 1.54) is 6.42 Å². The number of carbonyl (C=O) groups is 1. The lowest BCUT2D eigenvalue weighted by atomic mass is 10.2. The van der Waals surface area contributed by atoms with E-state index in [4.69, 9.17) is 5.73 Å². The molecule has 0 aromatic heterocycles. The lowest BCUT2D eigenvalue weighted by Gasteiger charge is -2.08. The van der Waals surface area contributed by atoms with Gasteiger partial charge >= 0.3 is 6.03 Å². The van der Waals surface area contributed by atoms with Crippen molar-refractivity contribution < 1.29 is 4.79 Å². The molecule has 17 heavy (non-hydrogen) atoms. The fourth-order valence-corrected chi connectivity index (χ4v) is 1.86. The molecule has 0 spiro atoms. The van der Waals surface area contributed by atoms with Crippen LogP contribution >= 0.6 is 0 Å². The van der Waals surface area contributed by atoms with Crippen LogP contribution in [-0.4, -0.2) is 12.6 Å². The Balaban J connectivity index is 1.80. The summed E-state index contributed by atoms with van der Waals surface area (Å²) in [5.74, 6) is 1.42. The van der Waals surface area contributed by atoms with E-state index in [1.54, 1.807) is 0 Å². The molecule has 2 amide bonds. The van der Waals surface area contributed by atoms with E-state index in [2.05, 4.69) is 17.6 Å². The molecule has 2 unspecified atom stereocenters. The summed E-state index contributed by atoms with van der Waals surface area (Å²) < 4.78 is 0. The number of amides is 2. The first kappa shape index (κ1) is 11.9. The topological polar surface area (TPSA) is 67.2 Å². The Morgan fingerprint density at radius 1 is 1.53 bits per heavy atom. The van der Waals surface area contributed by atoms with Crippen LogP contribution in [0.4, 0.5) is 10.5 Å². The van der Waals surface area contributed by atoms with Crippen LogP contribution in [0, 0.1) is 11.8 Å². The number of nitrogens with one attached hydrogen (secondary N) is 2. The van der Waals surface area contributed by atoms with E-state index in [9.17, 15) is 4.79 Å². The van der Waals surface area contributed by atoms with Crippen LogP contribution in [0.5, 0.6) is 0 Å². The minimum absolute atomic E-state index is 0.140. The van der Waals surface area contributed by atoms with Crippen molar-refractivity contribution in [2.75, 3.05) is 11.9 Å². The van der Waals surface area contributed by atoms with Gasteiger partial charge in [0.25, 0.3) is 0 Å². The van der Waals surface area contributed by atoms with Crippen molar-refractivity contribution in [2.24, 2.45) is 17.6 Å². The number of rotatable bonds is 4. The van der Waals surface area contributed by atoms with E-state index in [1.807, 2.05) is 24.3 Å². The second-order valence-electron chi connectivity index (χ2n) is 4.71. The van der Waals surface area contributed by atoms with Crippen LogP contribution in [0.25, 0.3) is 0 Å². The van der Waals surface area contributed by atoms with Gasteiger partial charge in [0.15, 0.2) is 0 Å². The molecular formula is C13H19N3O. The first-order valence-electron chi connectivity index (χ1n) is 6.03. The first-order valence-corrected chi connectivity index (χ1v) is 6.03. The van der Waals surface area contributed by atoms with Crippen LogP contribution in [0.15, 0.2) is 24.3 Å². The van der Waals surface area contributed by atoms with Crippen LogP contribution in [-0.2, 0) is 6.54 Å². The molecule has 2 rings (SSSR count). The van der Waals surface area contributed by atoms with Gasteiger partial charge in [-0.3, -0.25) is 0 Å². The number of urea groups is 1. The van der Waals surface area contributed by atoms with Gasteiger partial charge in [0.1, 0.15) is 0 Å². The molecule has 1 aliphatic carbocycles. The number of hydrogen-bond donors (Lipinski definition) is 3. The summed E-state index contributed by atoms with van der Waals surface area (Å²) in [5.41, 5.74) is 7.34. The Labute approximate surface area is 102 Å². The molecule has 4 N–H and O–H groups in total. The fourth-order valence-electron chi connectivity index (χ4n) is 1.86. The average molecular weight is 233 g/mol. The molecule has 0 heterocycles. The van der Waals surface area contributed by atoms with Gasteiger partial charge in [-0.15, -0.1) is 0 Å². The predicted molar refractivity (Wildman–Crippen MR) is 68.6 cm³/mol. The second kappa shape index (κ2) is 5.19. The number of carbonyl (C=O) groups excluding carboxylic acids is 1. The lowest BCUT2D eigenvalue weighted by Crippen LogP contribution is -2.30. The molecule has 0 radical (unpaired) electrons. The standard InChI is InChI=1S/C13H19N3O/c1-9-5-11(9)8-15-13(17)16-12-4-2-3-10(6-12)7-14/h2-4,6,9,11H,5,7-8,14H2,1H3,(H2,15,16,17). The highest BCUT2D eigenvalue weighted by atomic mass is 16.2. The van der Waals surface area contributed by atoms with Crippen LogP contribution in [0.1, 0.15) is 18.9 Å². The molecule has 0 bridgehead atoms. The van der Waals surface area contributed by atoms with Crippen molar-refractivity contribution in [2.45, 2.75) is 19.9 Å². The zero-order valence-corrected chi connectivity index (χ0v) is 10.1. The Hall–Kier alpha value is -1.55. The molecular weight excluding hydrogens is 214 g/mol. The molecule has 2 atom stereocenters. The second-order valence-corrected chi connectivity index (χ2v) is 4.71. The summed E-state index contributed by atoms with van der Waals surface area (Å²) in [4.78, 5) is 11.6. The summed E-state index contributed by atoms with van der Waals surface area (Å²) in [6.07, 6.45) is 1.23. The Bertz CT molecular complexity index is 405. The molecule has 0 aliphatic heterocycles. The van der Waals surface area contributed by atoms with E-state index >= 15 is 0 Å². The number of benzene rings is 1. The summed E-state index contributed by atoms with van der Waals surface area (Å²) in [5, 5.41) is 5.69. The number of anilines is 1. The largest absolute Gasteiger partial charge is 0.338 e. The maximum Gasteiger partial charge on any atom is 0.319 e. The first-order chi connectivity index (χ1) is 8.19. The van der Waals surface area contributed by atoms with Crippen molar-refractivity contribution in [3.05, 3.63) is 29.8 Å². The number of nitrogens with two attached hydrogens (primary N) is 1. The molecule has 4 heteroatoms. The van der Waals surface area contributed by atoms with Gasteiger partial charge in [-0.25, -0.2) is 4.79 Å². The highest BCUT2D eigenvalue weighted by Gasteiger charge is 2.32. The van der Waals surface area contributed by atoms with Gasteiger partial charge in [-0.2, -0.15) is 0 Å². The normalized spacial score (nSPS) is 22.0. The fraction of sp³-hybridized carbons (Fsp3) is 0.462. The Morgan fingerprint density at radius 2 is 2.29 bits per heavy atom. The Kier molecular flexibility index (Phi) is 3.64. The van der Waals surface area contributed by atoms with Gasteiger partial charge in [0.2, 0.25) is 0 Å². The maximum absolute atomic E-state index is 11.6. The number of hydrogen-bond acceptors (Lipinski definition) is 2. The third-order valence-electron chi connectivity index (χ3n) is 3.22. The molecule has 92 valence electrons. The molecule has 1 aliphatic rings. The van der Waals surface area contributed by atoms with Crippen molar-refractivity contribution in [3.8, 4) is 0 Å². The monoisotopic (exact) mass is 233 g/mol. The van der Waals surface area contributed by atoms with Crippen LogP contribution in [0.2, 0.25) is 0 Å². The smallest absolute Gasteiger partial charge is 0.319 e. The van der Waals surface area contributed by atoms with Gasteiger partial charge < -0.3 is 16.4 Å². The van der Waals surface area contributed by atoms with Gasteiger partial charge in [-0.05, 0) is 36.0 Å². The highest BCUT2D eigenvalue weighted by Crippen LogP contribution is 2.36. The maximum atomic E-state index is 11.6. The lowest BCUT2D eigenvalue weighted by molar-refractivity contribution is 0.251. The van der Waals surface area contributed by atoms with Gasteiger partial charge in [0.05, 0.1) is 0 Å². The SMILES string of the molecule is CC1CC1CNC(=O)Nc1cccc(CN)c1. The summed E-state index contributed by atoms with van der Waals surface area (Å²) in [6.45, 7) is 3.45. The molecule has 1 saturated carbocycles. The zero-order chi connectivity index (χ0) is 12.3. The molecule has 1 aromatic carbocycles. The van der Waals surface area contributed by atoms with Crippen molar-refractivity contribution in [3.63, 3.8) is 0 Å². The van der Waals surface area contributed by atoms with Gasteiger partial charge in [-0.1, -0.05) is 19.1 Å². The van der Waals surface area contributed by atoms with E-state index < -0.39 is 0 Å². The quantitative estimate of drug-likeness (QED) is 0.743. The minimum atomic E-state index is -0.140. The third-order valence-corrected chi connectivity index (χ3v) is 3.22. The van der Waals surface area contributed by atoms with Crippen LogP contribution in [0.3, 0.4) is 0 Å². The van der Waals surface area contributed by atoms with Crippen molar-refractivity contribution in [1.82, 2.24) is 5.32 Å². The molecule has 4 nitrogen and oxygen atoms in total. The summed E-state index contributed by atoms with van der Waals surface area (Å²) >= 11 is 0. The molecule has 1 fully saturated rings. The molecule has 0 saturated heterocycles. The highest BCUT2D eigenvalue weighted by molar-refractivity contribution is 5.89. The van der Waals surface area contributed by atoms with E-state index in [0.29, 0.717) is 12.5 Å². The minimum Gasteiger partial charge on any atom is -0.338 e. The van der Waals surface area contributed by atoms with E-state index in [0.717, 1.165) is 23.7 Å². The zero-order valence-electron chi connectivity index (χ0n) is 10.1. The predicted octanol–water partition coefficient (Wildman–Crippen LogP) is 1.92. The summed E-state index contributed by atoms with van der Waals surface area (Å²) in [6, 6.07) is 7.44. The van der Waals surface area contributed by atoms with Gasteiger partial charge in [0, 0.05) is 18.8 Å². The van der Waals surface area contributed by atoms with Crippen molar-refractivity contribution >= 4 is 11.7 Å². The van der Waals surface area contributed by atoms with Crippen LogP contribution < -0.4 is 16.4 Å². The summed E-state index contributed by atoms with van der Waals surface area (Å²) in [7, 11) is 0. The van der Waals surface area contributed by atoms with Crippen molar-refractivity contribution in [1.29, 1.82) is 0 Å². The Morgan fingerprint density at radius 3 is 2.94 bits per heavy atom. The third kappa shape index (κ3) is 3.46.